The van der Waals surface area contributed by atoms with Gasteiger partial charge in [0.1, 0.15) is 5.75 Å². The van der Waals surface area contributed by atoms with Gasteiger partial charge in [-0.1, -0.05) is 15.9 Å². The molecule has 0 saturated carbocycles. The van der Waals surface area contributed by atoms with Crippen molar-refractivity contribution in [3.8, 4) is 5.75 Å². The quantitative estimate of drug-likeness (QED) is 0.788. The zero-order valence-electron chi connectivity index (χ0n) is 11.4. The number of methoxy groups -OCH3 is 2. The number of hydrogen-bond donors (Lipinski definition) is 2. The van der Waals surface area contributed by atoms with Crippen LogP contribution in [-0.4, -0.2) is 33.4 Å². The summed E-state index contributed by atoms with van der Waals surface area (Å²) < 4.78 is 11.1. The van der Waals surface area contributed by atoms with E-state index in [1.807, 2.05) is 19.1 Å². The van der Waals surface area contributed by atoms with Crippen LogP contribution in [0.2, 0.25) is 0 Å². The molecule has 0 aliphatic carbocycles. The Bertz CT molecular complexity index is 438. The molecule has 1 aromatic carbocycles. The first-order valence-electron chi connectivity index (χ1n) is 5.96. The number of anilines is 1. The van der Waals surface area contributed by atoms with Gasteiger partial charge in [0, 0.05) is 24.7 Å². The molecule has 0 bridgehead atoms. The van der Waals surface area contributed by atoms with Gasteiger partial charge in [0.05, 0.1) is 12.8 Å². The summed E-state index contributed by atoms with van der Waals surface area (Å²) in [4.78, 5) is 11.8. The largest absolute Gasteiger partial charge is 0.495 e. The Labute approximate surface area is 121 Å². The minimum Gasteiger partial charge on any atom is -0.495 e. The van der Waals surface area contributed by atoms with E-state index in [0.29, 0.717) is 24.6 Å². The first-order valence-corrected chi connectivity index (χ1v) is 6.75. The van der Waals surface area contributed by atoms with Gasteiger partial charge in [-0.05, 0) is 31.0 Å². The third-order valence-corrected chi connectivity index (χ3v) is 2.99. The molecule has 0 saturated heterocycles. The molecule has 1 aromatic rings. The highest BCUT2D eigenvalue weighted by atomic mass is 79.9. The summed E-state index contributed by atoms with van der Waals surface area (Å²) in [6, 6.07) is 3.48. The van der Waals surface area contributed by atoms with Crippen molar-refractivity contribution < 1.29 is 14.3 Å². The number of urea groups is 1. The molecule has 2 amide bonds. The average Bonchev–Trinajstić information content (AvgIpc) is 2.37. The van der Waals surface area contributed by atoms with Crippen LogP contribution in [0, 0.1) is 6.92 Å². The predicted octanol–water partition coefficient (Wildman–Crippen LogP) is 2.92. The second-order valence-corrected chi connectivity index (χ2v) is 4.94. The summed E-state index contributed by atoms with van der Waals surface area (Å²) in [5.74, 6) is 0.624. The van der Waals surface area contributed by atoms with Crippen LogP contribution in [0.1, 0.15) is 12.0 Å². The van der Waals surface area contributed by atoms with Crippen molar-refractivity contribution in [2.75, 3.05) is 32.7 Å². The number of hydrogen-bond acceptors (Lipinski definition) is 3. The van der Waals surface area contributed by atoms with Crippen LogP contribution in [0.25, 0.3) is 0 Å². The van der Waals surface area contributed by atoms with Crippen molar-refractivity contribution in [1.82, 2.24) is 5.32 Å². The standard InChI is InChI=1S/C13H19BrN2O3/c1-9-7-10(14)8-11(19-3)12(9)16-13(17)15-5-4-6-18-2/h7-8H,4-6H2,1-3H3,(H2,15,16,17). The van der Waals surface area contributed by atoms with Gasteiger partial charge in [0.2, 0.25) is 0 Å². The van der Waals surface area contributed by atoms with Crippen molar-refractivity contribution >= 4 is 27.6 Å². The molecule has 0 unspecified atom stereocenters. The van der Waals surface area contributed by atoms with E-state index in [-0.39, 0.29) is 6.03 Å². The van der Waals surface area contributed by atoms with E-state index in [4.69, 9.17) is 9.47 Å². The summed E-state index contributed by atoms with van der Waals surface area (Å²) in [5.41, 5.74) is 1.60. The van der Waals surface area contributed by atoms with Gasteiger partial charge < -0.3 is 20.1 Å². The van der Waals surface area contributed by atoms with Crippen molar-refractivity contribution in [3.63, 3.8) is 0 Å². The molecule has 2 N–H and O–H groups in total. The van der Waals surface area contributed by atoms with Gasteiger partial charge in [0.15, 0.2) is 0 Å². The van der Waals surface area contributed by atoms with Crippen LogP contribution in [0.4, 0.5) is 10.5 Å². The zero-order valence-corrected chi connectivity index (χ0v) is 13.0. The van der Waals surface area contributed by atoms with Crippen molar-refractivity contribution in [2.24, 2.45) is 0 Å². The molecule has 5 nitrogen and oxygen atoms in total. The van der Waals surface area contributed by atoms with Crippen LogP contribution in [0.15, 0.2) is 16.6 Å². The normalized spacial score (nSPS) is 10.1. The molecule has 1 rings (SSSR count). The van der Waals surface area contributed by atoms with Gasteiger partial charge >= 0.3 is 6.03 Å². The third-order valence-electron chi connectivity index (χ3n) is 2.53. The topological polar surface area (TPSA) is 59.6 Å². The fourth-order valence-electron chi connectivity index (χ4n) is 1.61. The Balaban J connectivity index is 2.63. The summed E-state index contributed by atoms with van der Waals surface area (Å²) in [5, 5.41) is 5.56. The summed E-state index contributed by atoms with van der Waals surface area (Å²) >= 11 is 3.39. The van der Waals surface area contributed by atoms with Gasteiger partial charge in [-0.3, -0.25) is 0 Å². The maximum absolute atomic E-state index is 11.8. The minimum atomic E-state index is -0.250. The van der Waals surface area contributed by atoms with Gasteiger partial charge in [-0.2, -0.15) is 0 Å². The lowest BCUT2D eigenvalue weighted by molar-refractivity contribution is 0.194. The second-order valence-electron chi connectivity index (χ2n) is 4.03. The van der Waals surface area contributed by atoms with E-state index in [1.54, 1.807) is 14.2 Å². The van der Waals surface area contributed by atoms with E-state index in [0.717, 1.165) is 16.5 Å². The second kappa shape index (κ2) is 8.01. The minimum absolute atomic E-state index is 0.250. The number of nitrogens with one attached hydrogen (secondary N) is 2. The molecule has 0 radical (unpaired) electrons. The van der Waals surface area contributed by atoms with Crippen molar-refractivity contribution in [1.29, 1.82) is 0 Å². The Morgan fingerprint density at radius 2 is 2.11 bits per heavy atom. The fourth-order valence-corrected chi connectivity index (χ4v) is 2.16. The monoisotopic (exact) mass is 330 g/mol. The SMILES string of the molecule is COCCCNC(=O)Nc1c(C)cc(Br)cc1OC. The molecule has 0 heterocycles. The molecule has 0 spiro atoms. The highest BCUT2D eigenvalue weighted by Gasteiger charge is 2.11. The first-order chi connectivity index (χ1) is 9.08. The molecule has 0 aliphatic heterocycles. The Kier molecular flexibility index (Phi) is 6.66. The molecule has 0 fully saturated rings. The van der Waals surface area contributed by atoms with Gasteiger partial charge in [0.25, 0.3) is 0 Å². The first kappa shape index (κ1) is 15.8. The smallest absolute Gasteiger partial charge is 0.319 e. The van der Waals surface area contributed by atoms with E-state index in [1.165, 1.54) is 0 Å². The highest BCUT2D eigenvalue weighted by Crippen LogP contribution is 2.31. The van der Waals surface area contributed by atoms with Crippen LogP contribution in [0.3, 0.4) is 0 Å². The van der Waals surface area contributed by atoms with E-state index >= 15 is 0 Å². The van der Waals surface area contributed by atoms with Crippen LogP contribution in [0.5, 0.6) is 5.75 Å². The fraction of sp³-hybridized carbons (Fsp3) is 0.462. The molecule has 106 valence electrons. The summed E-state index contributed by atoms with van der Waals surface area (Å²) in [6.45, 7) is 3.10. The molecular weight excluding hydrogens is 312 g/mol. The number of aryl methyl sites for hydroxylation is 1. The number of rotatable bonds is 6. The van der Waals surface area contributed by atoms with E-state index in [9.17, 15) is 4.79 Å². The van der Waals surface area contributed by atoms with Gasteiger partial charge in [-0.25, -0.2) is 4.79 Å². The molecule has 6 heteroatoms. The Morgan fingerprint density at radius 3 is 2.74 bits per heavy atom. The third kappa shape index (κ3) is 5.08. The zero-order chi connectivity index (χ0) is 14.3. The average molecular weight is 331 g/mol. The maximum atomic E-state index is 11.8. The summed E-state index contributed by atoms with van der Waals surface area (Å²) in [6.07, 6.45) is 0.778. The number of carbonyl (C=O) groups is 1. The molecule has 0 aromatic heterocycles. The lowest BCUT2D eigenvalue weighted by Crippen LogP contribution is -2.30. The predicted molar refractivity (Wildman–Crippen MR) is 78.9 cm³/mol. The molecule has 0 aliphatic rings. The van der Waals surface area contributed by atoms with Gasteiger partial charge in [-0.15, -0.1) is 0 Å². The number of amides is 2. The summed E-state index contributed by atoms with van der Waals surface area (Å²) in [7, 11) is 3.21. The highest BCUT2D eigenvalue weighted by molar-refractivity contribution is 9.10. The van der Waals surface area contributed by atoms with Crippen LogP contribution >= 0.6 is 15.9 Å². The maximum Gasteiger partial charge on any atom is 0.319 e. The van der Waals surface area contributed by atoms with E-state index in [2.05, 4.69) is 26.6 Å². The lowest BCUT2D eigenvalue weighted by atomic mass is 10.2. The molecular formula is C13H19BrN2O3. The Hall–Kier alpha value is -1.27. The van der Waals surface area contributed by atoms with Crippen LogP contribution in [-0.2, 0) is 4.74 Å². The van der Waals surface area contributed by atoms with Crippen molar-refractivity contribution in [3.05, 3.63) is 22.2 Å². The lowest BCUT2D eigenvalue weighted by Gasteiger charge is -2.14. The molecule has 0 atom stereocenters. The number of halogens is 1. The number of benzene rings is 1. The van der Waals surface area contributed by atoms with Crippen molar-refractivity contribution in [2.45, 2.75) is 13.3 Å². The van der Waals surface area contributed by atoms with Crippen LogP contribution < -0.4 is 15.4 Å². The number of carbonyl (C=O) groups excluding carboxylic acids is 1. The van der Waals surface area contributed by atoms with E-state index < -0.39 is 0 Å². The molecule has 19 heavy (non-hydrogen) atoms. The Morgan fingerprint density at radius 1 is 1.37 bits per heavy atom. The number of ether oxygens (including phenoxy) is 2.